The Morgan fingerprint density at radius 2 is 0.789 bits per heavy atom. The van der Waals surface area contributed by atoms with E-state index >= 15 is 14.4 Å². The van der Waals surface area contributed by atoms with Crippen LogP contribution in [0.25, 0.3) is 0 Å². The van der Waals surface area contributed by atoms with Gasteiger partial charge in [-0.1, -0.05) is 123 Å². The van der Waals surface area contributed by atoms with Gasteiger partial charge in [0.05, 0.1) is 18.2 Å². The van der Waals surface area contributed by atoms with Crippen LogP contribution in [0.5, 0.6) is 0 Å². The highest BCUT2D eigenvalue weighted by atomic mass is 16.3. The molecule has 10 amide bonds. The molecular weight excluding hydrogens is 1150 g/mol. The van der Waals surface area contributed by atoms with Gasteiger partial charge in [0, 0.05) is 42.3 Å². The van der Waals surface area contributed by atoms with Crippen molar-refractivity contribution in [1.82, 2.24) is 56.0 Å². The summed E-state index contributed by atoms with van der Waals surface area (Å²) in [6.45, 7) is 35.7. The number of allylic oxidation sites excluding steroid dienone is 2. The van der Waals surface area contributed by atoms with Crippen LogP contribution in [0.2, 0.25) is 0 Å². The largest absolute Gasteiger partial charge is 0.390 e. The van der Waals surface area contributed by atoms with E-state index < -0.39 is 143 Å². The summed E-state index contributed by atoms with van der Waals surface area (Å²) in [5.41, 5.74) is 0. The van der Waals surface area contributed by atoms with Gasteiger partial charge in [0.25, 0.3) is 0 Å². The minimum absolute atomic E-state index is 0.0157. The topological polar surface area (TPSA) is 288 Å². The molecule has 0 fully saturated rings. The first kappa shape index (κ1) is 84.0. The van der Waals surface area contributed by atoms with Gasteiger partial charge in [-0.05, 0) is 127 Å². The van der Waals surface area contributed by atoms with Crippen LogP contribution >= 0.6 is 0 Å². The number of amides is 10. The number of ketones is 1. The fraction of sp³-hybridized carbons (Fsp3) is 0.806. The number of carbonyl (C=O) groups excluding carboxylic acids is 11. The number of likely N-dealkylation sites (N-methyl/N-ethyl adjacent to an activating group) is 7. The number of hydrogen-bond acceptors (Lipinski definition) is 13. The van der Waals surface area contributed by atoms with Crippen molar-refractivity contribution in [2.75, 3.05) is 49.3 Å². The Balaban J connectivity index is 7.40. The van der Waals surface area contributed by atoms with E-state index in [0.29, 0.717) is 19.3 Å². The van der Waals surface area contributed by atoms with Gasteiger partial charge in [-0.25, -0.2) is 0 Å². The minimum atomic E-state index is -1.59. The molecule has 0 heterocycles. The smallest absolute Gasteiger partial charge is 0.246 e. The SMILES string of the molecule is C/C=C/CC(C)C(O)[C@@H](C(=O)NC(CC)C(=O)N(C)C(CC(C)C)C(=O)N(C)C(CC(C)C)C(=O)N[C@H](C(=O)N(C)C(CC(C)C)C(=O)NC(C)C(=O)NC(C)C(C)=O)C(C)C)N(C)C(=O)C(C(C)C)N(C)C(=O)C(CC(C)C)N(C)C(=O)C(CC(C)C)NC. The Morgan fingerprint density at radius 1 is 0.411 bits per heavy atom. The van der Waals surface area contributed by atoms with Crippen molar-refractivity contribution in [2.24, 2.45) is 47.3 Å². The predicted molar refractivity (Wildman–Crippen MR) is 354 cm³/mol. The van der Waals surface area contributed by atoms with Crippen molar-refractivity contribution in [2.45, 2.75) is 256 Å². The average Bonchev–Trinajstić information content (AvgIpc) is 0.844. The number of aliphatic hydroxyl groups excluding tert-OH is 1. The van der Waals surface area contributed by atoms with Gasteiger partial charge in [-0.2, -0.15) is 0 Å². The molecule has 0 radical (unpaired) electrons. The van der Waals surface area contributed by atoms with Gasteiger partial charge in [-0.15, -0.1) is 0 Å². The van der Waals surface area contributed by atoms with Crippen molar-refractivity contribution < 1.29 is 57.8 Å². The third-order valence-corrected chi connectivity index (χ3v) is 16.9. The lowest BCUT2D eigenvalue weighted by atomic mass is 9.91. The van der Waals surface area contributed by atoms with Crippen LogP contribution < -0.4 is 26.6 Å². The van der Waals surface area contributed by atoms with Crippen molar-refractivity contribution in [3.8, 4) is 0 Å². The normalized spacial score (nSPS) is 16.3. The zero-order chi connectivity index (χ0) is 70.3. The highest BCUT2D eigenvalue weighted by Crippen LogP contribution is 2.26. The van der Waals surface area contributed by atoms with E-state index in [9.17, 15) is 43.5 Å². The van der Waals surface area contributed by atoms with Crippen molar-refractivity contribution >= 4 is 64.9 Å². The molecule has 0 aliphatic heterocycles. The van der Waals surface area contributed by atoms with Crippen LogP contribution in [0.3, 0.4) is 0 Å². The van der Waals surface area contributed by atoms with Crippen LogP contribution in [0.15, 0.2) is 12.2 Å². The predicted octanol–water partition coefficient (Wildman–Crippen LogP) is 5.02. The summed E-state index contributed by atoms with van der Waals surface area (Å²) in [6.07, 6.45) is 3.83. The van der Waals surface area contributed by atoms with E-state index in [-0.39, 0.29) is 67.0 Å². The Hall–Kier alpha value is -5.97. The Kier molecular flexibility index (Phi) is 36.8. The van der Waals surface area contributed by atoms with Gasteiger partial charge in [-0.3, -0.25) is 52.7 Å². The molecule has 23 heteroatoms. The molecule has 0 rings (SSSR count). The number of carbonyl (C=O) groups is 11. The number of Topliss-reactive ketones (excluding diaryl/α,β-unsaturated/α-hetero) is 1. The van der Waals surface area contributed by atoms with E-state index in [2.05, 4.69) is 26.6 Å². The number of hydrogen-bond donors (Lipinski definition) is 6. The molecule has 518 valence electrons. The van der Waals surface area contributed by atoms with E-state index in [0.717, 1.165) is 4.90 Å². The van der Waals surface area contributed by atoms with Crippen molar-refractivity contribution in [1.29, 1.82) is 0 Å². The average molecular weight is 1270 g/mol. The molecule has 23 nitrogen and oxygen atoms in total. The summed E-state index contributed by atoms with van der Waals surface area (Å²) in [6, 6.07) is -11.9. The zero-order valence-corrected chi connectivity index (χ0v) is 60.3. The van der Waals surface area contributed by atoms with Crippen LogP contribution in [0, 0.1) is 47.3 Å². The van der Waals surface area contributed by atoms with E-state index in [1.54, 1.807) is 61.7 Å². The minimum Gasteiger partial charge on any atom is -0.390 e. The van der Waals surface area contributed by atoms with Gasteiger partial charge >= 0.3 is 0 Å². The van der Waals surface area contributed by atoms with Crippen molar-refractivity contribution in [3.63, 3.8) is 0 Å². The molecule has 0 bridgehead atoms. The maximum Gasteiger partial charge on any atom is 0.246 e. The molecule has 90 heavy (non-hydrogen) atoms. The van der Waals surface area contributed by atoms with Crippen LogP contribution in [-0.2, 0) is 52.7 Å². The van der Waals surface area contributed by atoms with Gasteiger partial charge < -0.3 is 61.1 Å². The van der Waals surface area contributed by atoms with Crippen LogP contribution in [-0.4, -0.2) is 221 Å². The lowest BCUT2D eigenvalue weighted by molar-refractivity contribution is -0.156. The number of rotatable bonds is 39. The van der Waals surface area contributed by atoms with Crippen molar-refractivity contribution in [3.05, 3.63) is 12.2 Å². The molecule has 11 unspecified atom stereocenters. The molecule has 0 aromatic carbocycles. The fourth-order valence-corrected chi connectivity index (χ4v) is 11.0. The monoisotopic (exact) mass is 1270 g/mol. The lowest BCUT2D eigenvalue weighted by Gasteiger charge is -2.41. The molecule has 0 aromatic heterocycles. The third kappa shape index (κ3) is 25.3. The number of nitrogens with zero attached hydrogens (tertiary/aromatic N) is 6. The third-order valence-electron chi connectivity index (χ3n) is 16.9. The van der Waals surface area contributed by atoms with Gasteiger partial charge in [0.1, 0.15) is 54.4 Å². The summed E-state index contributed by atoms with van der Waals surface area (Å²) in [4.78, 5) is 165. The summed E-state index contributed by atoms with van der Waals surface area (Å²) < 4.78 is 0. The molecular formula is C67H123N11O12. The first-order chi connectivity index (χ1) is 41.5. The maximum absolute atomic E-state index is 15.1. The number of nitrogens with one attached hydrogen (secondary N) is 5. The zero-order valence-electron chi connectivity index (χ0n) is 60.3. The Labute approximate surface area is 541 Å². The second-order valence-electron chi connectivity index (χ2n) is 27.9. The molecule has 0 spiro atoms. The maximum atomic E-state index is 15.1. The molecule has 0 saturated heterocycles. The summed E-state index contributed by atoms with van der Waals surface area (Å²) in [7, 11) is 10.6. The van der Waals surface area contributed by atoms with E-state index in [1.807, 2.05) is 82.2 Å². The van der Waals surface area contributed by atoms with E-state index in [4.69, 9.17) is 0 Å². The standard InChI is InChI=1S/C67H123N11O12/c1-28-30-31-44(17)57(80)56(78(27)67(90)55(43(15)16)77(26)65(88)53(36-41(11)12)76(25)63(86)49(68-21)32-37(3)4)61(84)71-48(29-2)62(85)75(24)52(35-40(9)10)64(87)73(22)51(34-39(7)8)60(83)72-54(42(13)14)66(89)74(23)50(33-38(5)6)59(82)70-46(19)58(81)69-45(18)47(20)79/h28,30,37-46,48-57,68,80H,29,31-36H2,1-27H3,(H,69,81)(H,70,82)(H,71,84)(H,72,83)/b30-28+/t44?,45?,46?,48?,49?,50?,51?,52?,53?,54-,55?,56-,57?/m0/s1. The second kappa shape index (κ2) is 39.4. The summed E-state index contributed by atoms with van der Waals surface area (Å²) in [5.74, 6) is -8.03. The summed E-state index contributed by atoms with van der Waals surface area (Å²) >= 11 is 0. The molecule has 0 aliphatic carbocycles. The Morgan fingerprint density at radius 3 is 1.18 bits per heavy atom. The van der Waals surface area contributed by atoms with Crippen LogP contribution in [0.4, 0.5) is 0 Å². The number of aliphatic hydroxyl groups is 1. The molecule has 0 aromatic rings. The highest BCUT2D eigenvalue weighted by Gasteiger charge is 2.46. The molecule has 13 atom stereocenters. The highest BCUT2D eigenvalue weighted by molar-refractivity contribution is 5.99. The van der Waals surface area contributed by atoms with Gasteiger partial charge in [0.15, 0.2) is 5.78 Å². The quantitative estimate of drug-likeness (QED) is 0.0442. The van der Waals surface area contributed by atoms with Gasteiger partial charge in [0.2, 0.25) is 59.1 Å². The Bertz CT molecular complexity index is 2400. The van der Waals surface area contributed by atoms with E-state index in [1.165, 1.54) is 80.5 Å². The fourth-order valence-electron chi connectivity index (χ4n) is 11.0. The first-order valence-corrected chi connectivity index (χ1v) is 32.8. The lowest BCUT2D eigenvalue weighted by Crippen LogP contribution is -2.64. The molecule has 0 saturated carbocycles. The van der Waals surface area contributed by atoms with Crippen LogP contribution in [0.1, 0.15) is 183 Å². The first-order valence-electron chi connectivity index (χ1n) is 32.8. The summed E-state index contributed by atoms with van der Waals surface area (Å²) in [5, 5.41) is 26.2. The molecule has 0 aliphatic rings. The molecule has 6 N–H and O–H groups in total. The second-order valence-corrected chi connectivity index (χ2v) is 27.9.